The van der Waals surface area contributed by atoms with Gasteiger partial charge in [0.25, 0.3) is 0 Å². The van der Waals surface area contributed by atoms with E-state index in [4.69, 9.17) is 17.3 Å². The minimum atomic E-state index is 0.371. The third kappa shape index (κ3) is 5.32. The highest BCUT2D eigenvalue weighted by molar-refractivity contribution is 6.30. The smallest absolute Gasteiger partial charge is 0.246 e. The summed E-state index contributed by atoms with van der Waals surface area (Å²) in [7, 11) is 0. The van der Waals surface area contributed by atoms with Crippen molar-refractivity contribution >= 4 is 23.5 Å². The Morgan fingerprint density at radius 2 is 1.90 bits per heavy atom. The summed E-state index contributed by atoms with van der Waals surface area (Å²) in [6.45, 7) is 6.02. The van der Waals surface area contributed by atoms with E-state index >= 15 is 0 Å². The van der Waals surface area contributed by atoms with E-state index in [1.807, 2.05) is 12.1 Å². The van der Waals surface area contributed by atoms with Crippen LogP contribution in [-0.4, -0.2) is 45.8 Å². The lowest BCUT2D eigenvalue weighted by Crippen LogP contribution is -2.45. The van der Waals surface area contributed by atoms with E-state index in [0.717, 1.165) is 50.5 Å². The minimum Gasteiger partial charge on any atom is -0.368 e. The van der Waals surface area contributed by atoms with Crippen LogP contribution in [0.5, 0.6) is 0 Å². The van der Waals surface area contributed by atoms with Gasteiger partial charge in [-0.25, -0.2) is 5.10 Å². The number of nitrogen functional groups attached to an aromatic ring is 1. The maximum absolute atomic E-state index is 6.05. The summed E-state index contributed by atoms with van der Waals surface area (Å²) in [5.41, 5.74) is 9.69. The lowest BCUT2D eigenvalue weighted by atomic mass is 10.0. The van der Waals surface area contributed by atoms with Crippen LogP contribution in [0.4, 0.5) is 11.9 Å². The van der Waals surface area contributed by atoms with Crippen molar-refractivity contribution < 1.29 is 0 Å². The number of anilines is 2. The number of nitrogens with two attached hydrogens (primary N) is 1. The SMILES string of the molecule is Cc1cccc(CN(CCc2ccc(Cl)cc2)C2CCN(c3n[nH]c(N)n3)CC2)c1. The lowest BCUT2D eigenvalue weighted by molar-refractivity contribution is 0.162. The molecule has 1 fully saturated rings. The monoisotopic (exact) mass is 424 g/mol. The van der Waals surface area contributed by atoms with Gasteiger partial charge in [-0.15, -0.1) is 5.10 Å². The van der Waals surface area contributed by atoms with E-state index in [1.54, 1.807) is 0 Å². The third-order valence-corrected chi connectivity index (χ3v) is 6.08. The maximum atomic E-state index is 6.05. The predicted molar refractivity (Wildman–Crippen MR) is 123 cm³/mol. The number of hydrogen-bond acceptors (Lipinski definition) is 5. The Morgan fingerprint density at radius 3 is 2.57 bits per heavy atom. The van der Waals surface area contributed by atoms with E-state index in [-0.39, 0.29) is 0 Å². The summed E-state index contributed by atoms with van der Waals surface area (Å²) >= 11 is 6.05. The van der Waals surface area contributed by atoms with Gasteiger partial charge in [0.2, 0.25) is 11.9 Å². The number of nitrogens with one attached hydrogen (secondary N) is 1. The molecule has 1 aliphatic rings. The van der Waals surface area contributed by atoms with Crippen LogP contribution in [0.1, 0.15) is 29.5 Å². The molecule has 4 rings (SSSR count). The zero-order valence-electron chi connectivity index (χ0n) is 17.4. The molecular weight excluding hydrogens is 396 g/mol. The molecular formula is C23H29ClN6. The molecule has 2 heterocycles. The molecule has 2 aromatic carbocycles. The van der Waals surface area contributed by atoms with E-state index in [1.165, 1.54) is 16.7 Å². The zero-order valence-corrected chi connectivity index (χ0v) is 18.1. The Balaban J connectivity index is 1.43. The highest BCUT2D eigenvalue weighted by Gasteiger charge is 2.26. The molecule has 0 radical (unpaired) electrons. The molecule has 0 aliphatic carbocycles. The summed E-state index contributed by atoms with van der Waals surface area (Å²) < 4.78 is 0. The Bertz CT molecular complexity index is 946. The molecule has 0 atom stereocenters. The second-order valence-electron chi connectivity index (χ2n) is 8.07. The molecule has 6 nitrogen and oxygen atoms in total. The van der Waals surface area contributed by atoms with E-state index in [9.17, 15) is 0 Å². The molecule has 0 bridgehead atoms. The molecule has 0 amide bonds. The second kappa shape index (κ2) is 9.49. The second-order valence-corrected chi connectivity index (χ2v) is 8.51. The molecule has 1 aromatic heterocycles. The summed E-state index contributed by atoms with van der Waals surface area (Å²) in [5, 5.41) is 7.73. The van der Waals surface area contributed by atoms with Crippen molar-refractivity contribution in [1.82, 2.24) is 20.1 Å². The van der Waals surface area contributed by atoms with Crippen LogP contribution in [0.15, 0.2) is 48.5 Å². The first-order valence-corrected chi connectivity index (χ1v) is 10.9. The summed E-state index contributed by atoms with van der Waals surface area (Å²) in [6, 6.07) is 17.6. The fraction of sp³-hybridized carbons (Fsp3) is 0.391. The highest BCUT2D eigenvalue weighted by Crippen LogP contribution is 2.23. The average Bonchev–Trinajstić information content (AvgIpc) is 3.19. The number of nitrogens with zero attached hydrogens (tertiary/aromatic N) is 4. The van der Waals surface area contributed by atoms with Gasteiger partial charge >= 0.3 is 0 Å². The van der Waals surface area contributed by atoms with Gasteiger partial charge in [0.05, 0.1) is 0 Å². The summed E-state index contributed by atoms with van der Waals surface area (Å²) in [6.07, 6.45) is 3.18. The minimum absolute atomic E-state index is 0.371. The van der Waals surface area contributed by atoms with Crippen LogP contribution in [0, 0.1) is 6.92 Å². The summed E-state index contributed by atoms with van der Waals surface area (Å²) in [5.74, 6) is 1.08. The van der Waals surface area contributed by atoms with Gasteiger partial charge in [0.15, 0.2) is 0 Å². The first-order valence-electron chi connectivity index (χ1n) is 10.5. The van der Waals surface area contributed by atoms with Gasteiger partial charge in [-0.1, -0.05) is 53.6 Å². The Kier molecular flexibility index (Phi) is 6.55. The third-order valence-electron chi connectivity index (χ3n) is 5.82. The number of halogens is 1. The van der Waals surface area contributed by atoms with E-state index in [0.29, 0.717) is 17.9 Å². The number of rotatable bonds is 7. The van der Waals surface area contributed by atoms with Gasteiger partial charge in [0.1, 0.15) is 0 Å². The van der Waals surface area contributed by atoms with Crippen LogP contribution in [0.2, 0.25) is 5.02 Å². The fourth-order valence-corrected chi connectivity index (χ4v) is 4.32. The van der Waals surface area contributed by atoms with E-state index < -0.39 is 0 Å². The largest absolute Gasteiger partial charge is 0.368 e. The highest BCUT2D eigenvalue weighted by atomic mass is 35.5. The zero-order chi connectivity index (χ0) is 20.9. The van der Waals surface area contributed by atoms with Crippen molar-refractivity contribution in [1.29, 1.82) is 0 Å². The Labute approximate surface area is 183 Å². The molecule has 1 aliphatic heterocycles. The number of aromatic amines is 1. The quantitative estimate of drug-likeness (QED) is 0.598. The van der Waals surface area contributed by atoms with Crippen molar-refractivity contribution in [2.45, 2.75) is 38.8 Å². The number of piperidine rings is 1. The van der Waals surface area contributed by atoms with Crippen LogP contribution in [0.25, 0.3) is 0 Å². The fourth-order valence-electron chi connectivity index (χ4n) is 4.20. The Morgan fingerprint density at radius 1 is 1.13 bits per heavy atom. The number of aryl methyl sites for hydroxylation is 1. The molecule has 3 aromatic rings. The van der Waals surface area contributed by atoms with Crippen molar-refractivity contribution in [3.05, 3.63) is 70.2 Å². The van der Waals surface area contributed by atoms with Crippen molar-refractivity contribution in [2.75, 3.05) is 30.3 Å². The molecule has 7 heteroatoms. The van der Waals surface area contributed by atoms with Crippen LogP contribution >= 0.6 is 11.6 Å². The number of benzene rings is 2. The van der Waals surface area contributed by atoms with E-state index in [2.05, 4.69) is 68.3 Å². The number of H-pyrrole nitrogens is 1. The number of hydrogen-bond donors (Lipinski definition) is 2. The molecule has 30 heavy (non-hydrogen) atoms. The first kappa shape index (κ1) is 20.7. The van der Waals surface area contributed by atoms with Crippen LogP contribution in [-0.2, 0) is 13.0 Å². The molecule has 0 spiro atoms. The standard InChI is InChI=1S/C23H29ClN6/c1-17-3-2-4-19(15-17)16-30(12-9-18-5-7-20(24)8-6-18)21-10-13-29(14-11-21)23-26-22(25)27-28-23/h2-8,15,21H,9-14,16H2,1H3,(H3,25,26,27,28). The van der Waals surface area contributed by atoms with Crippen molar-refractivity contribution in [3.8, 4) is 0 Å². The van der Waals surface area contributed by atoms with Crippen molar-refractivity contribution in [2.24, 2.45) is 0 Å². The topological polar surface area (TPSA) is 74.1 Å². The molecule has 0 saturated carbocycles. The first-order chi connectivity index (χ1) is 14.6. The lowest BCUT2D eigenvalue weighted by Gasteiger charge is -2.38. The average molecular weight is 425 g/mol. The summed E-state index contributed by atoms with van der Waals surface area (Å²) in [4.78, 5) is 9.13. The van der Waals surface area contributed by atoms with Crippen LogP contribution < -0.4 is 10.6 Å². The van der Waals surface area contributed by atoms with Crippen LogP contribution in [0.3, 0.4) is 0 Å². The van der Waals surface area contributed by atoms with Gasteiger partial charge in [-0.3, -0.25) is 4.90 Å². The maximum Gasteiger partial charge on any atom is 0.246 e. The normalized spacial score (nSPS) is 15.1. The van der Waals surface area contributed by atoms with Gasteiger partial charge < -0.3 is 10.6 Å². The van der Waals surface area contributed by atoms with Gasteiger partial charge in [-0.2, -0.15) is 4.98 Å². The molecule has 1 saturated heterocycles. The predicted octanol–water partition coefficient (Wildman–Crippen LogP) is 4.06. The molecule has 158 valence electrons. The Hall–Kier alpha value is -2.57. The van der Waals surface area contributed by atoms with Gasteiger partial charge in [-0.05, 0) is 49.4 Å². The molecule has 0 unspecified atom stereocenters. The molecule has 3 N–H and O–H groups in total. The number of aromatic nitrogens is 3. The van der Waals surface area contributed by atoms with Crippen molar-refractivity contribution in [3.63, 3.8) is 0 Å². The van der Waals surface area contributed by atoms with Gasteiger partial charge in [0, 0.05) is 37.2 Å².